The number of sulfonamides is 1. The van der Waals surface area contributed by atoms with Gasteiger partial charge in [-0.2, -0.15) is 4.52 Å². The lowest BCUT2D eigenvalue weighted by Crippen LogP contribution is -2.29. The zero-order chi connectivity index (χ0) is 22.7. The Bertz CT molecular complexity index is 1360. The summed E-state index contributed by atoms with van der Waals surface area (Å²) in [5, 5.41) is 12.5. The van der Waals surface area contributed by atoms with E-state index in [2.05, 4.69) is 20.0 Å². The molecule has 0 saturated heterocycles. The summed E-state index contributed by atoms with van der Waals surface area (Å²) in [4.78, 5) is -0.773. The van der Waals surface area contributed by atoms with E-state index >= 15 is 0 Å². The number of halogens is 2. The van der Waals surface area contributed by atoms with Crippen molar-refractivity contribution in [2.24, 2.45) is 0 Å². The lowest BCUT2D eigenvalue weighted by Gasteiger charge is -2.09. The van der Waals surface area contributed by atoms with E-state index in [0.29, 0.717) is 23.3 Å². The van der Waals surface area contributed by atoms with Gasteiger partial charge in [-0.25, -0.2) is 21.9 Å². The molecule has 4 rings (SSSR count). The van der Waals surface area contributed by atoms with E-state index in [1.54, 1.807) is 31.4 Å². The van der Waals surface area contributed by atoms with Crippen LogP contribution >= 0.6 is 0 Å². The summed E-state index contributed by atoms with van der Waals surface area (Å²) >= 11 is 0. The second-order valence-electron chi connectivity index (χ2n) is 6.51. The highest BCUT2D eigenvalue weighted by Gasteiger charge is 2.19. The van der Waals surface area contributed by atoms with Crippen molar-refractivity contribution in [3.05, 3.63) is 66.2 Å². The number of aromatic nitrogens is 4. The first-order valence-corrected chi connectivity index (χ1v) is 10.8. The summed E-state index contributed by atoms with van der Waals surface area (Å²) in [7, 11) is -2.67. The van der Waals surface area contributed by atoms with Gasteiger partial charge >= 0.3 is 0 Å². The van der Waals surface area contributed by atoms with Crippen LogP contribution in [0.2, 0.25) is 0 Å². The molecule has 0 fully saturated rings. The quantitative estimate of drug-likeness (QED) is 0.402. The third-order valence-electron chi connectivity index (χ3n) is 4.41. The molecule has 0 atom stereocenters. The average molecular weight is 461 g/mol. The predicted molar refractivity (Wildman–Crippen MR) is 110 cm³/mol. The minimum absolute atomic E-state index is 0.103. The number of ether oxygens (including phenoxy) is 2. The molecule has 0 aliphatic heterocycles. The van der Waals surface area contributed by atoms with Crippen LogP contribution in [-0.2, 0) is 10.0 Å². The van der Waals surface area contributed by atoms with Gasteiger partial charge in [0.15, 0.2) is 11.5 Å². The van der Waals surface area contributed by atoms with E-state index < -0.39 is 26.6 Å². The summed E-state index contributed by atoms with van der Waals surface area (Å²) in [5.74, 6) is -0.536. The van der Waals surface area contributed by atoms with Gasteiger partial charge < -0.3 is 9.47 Å². The summed E-state index contributed by atoms with van der Waals surface area (Å²) in [5.41, 5.74) is 1.25. The van der Waals surface area contributed by atoms with Gasteiger partial charge in [0.25, 0.3) is 0 Å². The SMILES string of the molecule is COc1ccc(-c2nnc3ccc(OCCNS(=O)(=O)c4cc(F)ccc4F)nn23)cc1. The Labute approximate surface area is 181 Å². The topological polar surface area (TPSA) is 108 Å². The van der Waals surface area contributed by atoms with Crippen LogP contribution in [0.3, 0.4) is 0 Å². The molecule has 1 N–H and O–H groups in total. The molecule has 2 aromatic carbocycles. The number of nitrogens with one attached hydrogen (secondary N) is 1. The Morgan fingerprint density at radius 3 is 2.56 bits per heavy atom. The minimum atomic E-state index is -4.24. The molecule has 166 valence electrons. The normalized spacial score (nSPS) is 11.6. The molecule has 0 radical (unpaired) electrons. The molecule has 0 saturated carbocycles. The van der Waals surface area contributed by atoms with Gasteiger partial charge in [0.1, 0.15) is 28.9 Å². The Balaban J connectivity index is 1.44. The van der Waals surface area contributed by atoms with Crippen LogP contribution in [-0.4, -0.2) is 48.5 Å². The predicted octanol–water partition coefficient (Wildman–Crippen LogP) is 2.44. The molecule has 2 heterocycles. The molecule has 0 spiro atoms. The molecule has 9 nitrogen and oxygen atoms in total. The van der Waals surface area contributed by atoms with Gasteiger partial charge in [0, 0.05) is 18.2 Å². The summed E-state index contributed by atoms with van der Waals surface area (Å²) in [6.07, 6.45) is 0. The fourth-order valence-electron chi connectivity index (χ4n) is 2.86. The van der Waals surface area contributed by atoms with Crippen LogP contribution in [0.25, 0.3) is 17.0 Å². The van der Waals surface area contributed by atoms with E-state index in [4.69, 9.17) is 9.47 Å². The van der Waals surface area contributed by atoms with Gasteiger partial charge in [-0.15, -0.1) is 15.3 Å². The van der Waals surface area contributed by atoms with Crippen LogP contribution in [0.5, 0.6) is 11.6 Å². The van der Waals surface area contributed by atoms with Gasteiger partial charge in [-0.05, 0) is 48.5 Å². The van der Waals surface area contributed by atoms with E-state index in [9.17, 15) is 17.2 Å². The average Bonchev–Trinajstić information content (AvgIpc) is 3.21. The van der Waals surface area contributed by atoms with Crippen LogP contribution in [0.1, 0.15) is 0 Å². The van der Waals surface area contributed by atoms with Crippen molar-refractivity contribution in [3.8, 4) is 23.0 Å². The van der Waals surface area contributed by atoms with Crippen molar-refractivity contribution >= 4 is 15.7 Å². The van der Waals surface area contributed by atoms with Gasteiger partial charge in [0.2, 0.25) is 15.9 Å². The summed E-state index contributed by atoms with van der Waals surface area (Å²) in [6, 6.07) is 12.6. The fraction of sp³-hybridized carbons (Fsp3) is 0.150. The maximum Gasteiger partial charge on any atom is 0.243 e. The molecule has 12 heteroatoms. The molecule has 4 aromatic rings. The van der Waals surface area contributed by atoms with Crippen LogP contribution in [0.4, 0.5) is 8.78 Å². The van der Waals surface area contributed by atoms with Crippen molar-refractivity contribution < 1.29 is 26.7 Å². The fourth-order valence-corrected chi connectivity index (χ4v) is 3.96. The number of nitrogens with zero attached hydrogens (tertiary/aromatic N) is 4. The van der Waals surface area contributed by atoms with Gasteiger partial charge in [-0.3, -0.25) is 0 Å². The third kappa shape index (κ3) is 4.50. The zero-order valence-electron chi connectivity index (χ0n) is 16.7. The lowest BCUT2D eigenvalue weighted by atomic mass is 10.2. The molecule has 0 bridgehead atoms. The van der Waals surface area contributed by atoms with E-state index in [1.807, 2.05) is 12.1 Å². The number of hydrogen-bond acceptors (Lipinski definition) is 7. The zero-order valence-corrected chi connectivity index (χ0v) is 17.5. The largest absolute Gasteiger partial charge is 0.497 e. The van der Waals surface area contributed by atoms with Gasteiger partial charge in [-0.1, -0.05) is 0 Å². The molecular weight excluding hydrogens is 444 g/mol. The van der Waals surface area contributed by atoms with Crippen LogP contribution in [0, 0.1) is 11.6 Å². The number of fused-ring (bicyclic) bond motifs is 1. The van der Waals surface area contributed by atoms with Crippen molar-refractivity contribution in [1.82, 2.24) is 24.5 Å². The number of methoxy groups -OCH3 is 1. The maximum atomic E-state index is 13.7. The van der Waals surface area contributed by atoms with Crippen LogP contribution < -0.4 is 14.2 Å². The molecule has 0 aliphatic carbocycles. The maximum absolute atomic E-state index is 13.7. The van der Waals surface area contributed by atoms with E-state index in [0.717, 1.165) is 17.7 Å². The monoisotopic (exact) mass is 461 g/mol. The van der Waals surface area contributed by atoms with Crippen molar-refractivity contribution in [3.63, 3.8) is 0 Å². The first-order valence-electron chi connectivity index (χ1n) is 9.32. The molecule has 32 heavy (non-hydrogen) atoms. The van der Waals surface area contributed by atoms with Gasteiger partial charge in [0.05, 0.1) is 7.11 Å². The highest BCUT2D eigenvalue weighted by molar-refractivity contribution is 7.89. The van der Waals surface area contributed by atoms with Crippen molar-refractivity contribution in [2.45, 2.75) is 4.90 Å². The Hall–Kier alpha value is -3.64. The second-order valence-corrected chi connectivity index (χ2v) is 8.25. The standard InChI is InChI=1S/C20H17F2N5O4S/c1-30-15-5-2-13(3-6-15)20-25-24-18-8-9-19(26-27(18)20)31-11-10-23-32(28,29)17-12-14(21)4-7-16(17)22/h2-9,12,23H,10-11H2,1H3. The van der Waals surface area contributed by atoms with E-state index in [1.165, 1.54) is 4.52 Å². The Kier molecular flexibility index (Phi) is 5.97. The summed E-state index contributed by atoms with van der Waals surface area (Å²) < 4.78 is 65.7. The molecule has 0 aliphatic rings. The lowest BCUT2D eigenvalue weighted by molar-refractivity contribution is 0.306. The van der Waals surface area contributed by atoms with Crippen molar-refractivity contribution in [1.29, 1.82) is 0 Å². The molecular formula is C20H17F2N5O4S. The Morgan fingerprint density at radius 2 is 1.81 bits per heavy atom. The van der Waals surface area contributed by atoms with Crippen molar-refractivity contribution in [2.75, 3.05) is 20.3 Å². The smallest absolute Gasteiger partial charge is 0.243 e. The highest BCUT2D eigenvalue weighted by atomic mass is 32.2. The number of hydrogen-bond donors (Lipinski definition) is 1. The minimum Gasteiger partial charge on any atom is -0.497 e. The summed E-state index contributed by atoms with van der Waals surface area (Å²) in [6.45, 7) is -0.291. The Morgan fingerprint density at radius 1 is 1.03 bits per heavy atom. The number of benzene rings is 2. The molecule has 0 unspecified atom stereocenters. The van der Waals surface area contributed by atoms with E-state index in [-0.39, 0.29) is 19.0 Å². The molecule has 0 amide bonds. The third-order valence-corrected chi connectivity index (χ3v) is 5.89. The first kappa shape index (κ1) is 21.6. The first-order chi connectivity index (χ1) is 15.4. The van der Waals surface area contributed by atoms with Crippen LogP contribution in [0.15, 0.2) is 59.5 Å². The molecule has 2 aromatic heterocycles. The number of rotatable bonds is 8. The second kappa shape index (κ2) is 8.85. The highest BCUT2D eigenvalue weighted by Crippen LogP contribution is 2.22.